The molecule has 3 heterocycles. The van der Waals surface area contributed by atoms with E-state index < -0.39 is 39.7 Å². The highest BCUT2D eigenvalue weighted by molar-refractivity contribution is 7.90. The summed E-state index contributed by atoms with van der Waals surface area (Å²) in [7, 11) is -4.40. The standard InChI is InChI=1S/C28H29F3N6O4S/c1-18-14-26(2,3)36(16-18)24-20(25(38)35-42(39,40)21-7-5-4-6-19(21)15-32)8-9-22(33-24)37-13-10-23(34-37)41-17-27(11-12-27)28(29,30)31/h4-10,13,18H,11-12,14,16-17H2,1-3H3,(H,35,38)/t18-/m0/s1. The maximum absolute atomic E-state index is 13.4. The summed E-state index contributed by atoms with van der Waals surface area (Å²) in [5, 5.41) is 13.6. The van der Waals surface area contributed by atoms with Gasteiger partial charge in [-0.1, -0.05) is 19.1 Å². The molecule has 1 aromatic carbocycles. The normalized spacial score (nSPS) is 19.3. The third kappa shape index (κ3) is 5.53. The van der Waals surface area contributed by atoms with Gasteiger partial charge in [-0.2, -0.15) is 18.4 Å². The van der Waals surface area contributed by atoms with E-state index in [0.29, 0.717) is 6.54 Å². The Labute approximate surface area is 241 Å². The molecule has 1 amide bonds. The number of anilines is 1. The van der Waals surface area contributed by atoms with Gasteiger partial charge in [-0.15, -0.1) is 5.10 Å². The fraction of sp³-hybridized carbons (Fsp3) is 0.429. The number of amides is 1. The average molecular weight is 603 g/mol. The minimum atomic E-state index is -4.40. The number of alkyl halides is 3. The maximum atomic E-state index is 13.4. The number of carbonyl (C=O) groups excluding carboxylic acids is 1. The van der Waals surface area contributed by atoms with Crippen LogP contribution in [0, 0.1) is 22.7 Å². The summed E-state index contributed by atoms with van der Waals surface area (Å²) in [6.07, 6.45) is -2.07. The number of nitrogens with one attached hydrogen (secondary N) is 1. The number of nitriles is 1. The van der Waals surface area contributed by atoms with Gasteiger partial charge in [0.1, 0.15) is 28.8 Å². The van der Waals surface area contributed by atoms with Gasteiger partial charge >= 0.3 is 6.18 Å². The molecule has 0 spiro atoms. The zero-order chi connectivity index (χ0) is 30.5. The van der Waals surface area contributed by atoms with E-state index in [1.807, 2.05) is 24.8 Å². The highest BCUT2D eigenvalue weighted by Crippen LogP contribution is 2.57. The monoisotopic (exact) mass is 602 g/mol. The van der Waals surface area contributed by atoms with Crippen LogP contribution in [0.1, 0.15) is 56.0 Å². The lowest BCUT2D eigenvalue weighted by molar-refractivity contribution is -0.194. The number of benzene rings is 1. The molecule has 2 aromatic heterocycles. The topological polar surface area (TPSA) is 130 Å². The summed E-state index contributed by atoms with van der Waals surface area (Å²) in [5.74, 6) is -0.219. The van der Waals surface area contributed by atoms with Crippen LogP contribution in [0.15, 0.2) is 53.6 Å². The van der Waals surface area contributed by atoms with Crippen molar-refractivity contribution in [3.8, 4) is 17.8 Å². The SMILES string of the molecule is C[C@@H]1CN(c2nc(-n3ccc(OCC4(C(F)(F)F)CC4)n3)ccc2C(=O)NS(=O)(=O)c2ccccc2C#N)C(C)(C)C1. The summed E-state index contributed by atoms with van der Waals surface area (Å²) in [6.45, 7) is 6.04. The van der Waals surface area contributed by atoms with E-state index in [1.165, 1.54) is 53.3 Å². The van der Waals surface area contributed by atoms with E-state index in [1.54, 1.807) is 0 Å². The second-order valence-electron chi connectivity index (χ2n) is 11.5. The van der Waals surface area contributed by atoms with E-state index in [-0.39, 0.29) is 52.3 Å². The van der Waals surface area contributed by atoms with Crippen LogP contribution >= 0.6 is 0 Å². The lowest BCUT2D eigenvalue weighted by Gasteiger charge is -2.34. The van der Waals surface area contributed by atoms with Crippen LogP contribution in [0.25, 0.3) is 5.82 Å². The van der Waals surface area contributed by atoms with Crippen LogP contribution in [0.2, 0.25) is 0 Å². The van der Waals surface area contributed by atoms with Gasteiger partial charge in [0.05, 0.1) is 11.1 Å². The molecule has 1 saturated carbocycles. The van der Waals surface area contributed by atoms with Crippen LogP contribution in [-0.4, -0.2) is 54.0 Å². The number of ether oxygens (including phenoxy) is 1. The van der Waals surface area contributed by atoms with E-state index in [0.717, 1.165) is 6.42 Å². The van der Waals surface area contributed by atoms with Gasteiger partial charge in [-0.3, -0.25) is 4.79 Å². The molecular formula is C28H29F3N6O4S. The highest BCUT2D eigenvalue weighted by Gasteiger charge is 2.64. The van der Waals surface area contributed by atoms with E-state index in [9.17, 15) is 31.6 Å². The number of halogens is 3. The number of sulfonamides is 1. The molecule has 1 atom stereocenters. The smallest absolute Gasteiger partial charge is 0.397 e. The molecular weight excluding hydrogens is 573 g/mol. The van der Waals surface area contributed by atoms with Crippen LogP contribution in [0.4, 0.5) is 19.0 Å². The Kier molecular flexibility index (Phi) is 7.21. The molecule has 42 heavy (non-hydrogen) atoms. The van der Waals surface area contributed by atoms with Gasteiger partial charge in [0.25, 0.3) is 15.9 Å². The number of carbonyl (C=O) groups is 1. The van der Waals surface area contributed by atoms with Gasteiger partial charge in [-0.25, -0.2) is 22.8 Å². The molecule has 1 saturated heterocycles. The van der Waals surface area contributed by atoms with Gasteiger partial charge in [0.15, 0.2) is 5.82 Å². The van der Waals surface area contributed by atoms with Crippen molar-refractivity contribution >= 4 is 21.7 Å². The molecule has 10 nitrogen and oxygen atoms in total. The van der Waals surface area contributed by atoms with Crippen LogP contribution in [-0.2, 0) is 10.0 Å². The van der Waals surface area contributed by atoms with Crippen molar-refractivity contribution in [2.24, 2.45) is 11.3 Å². The molecule has 1 aliphatic heterocycles. The lowest BCUT2D eigenvalue weighted by atomic mass is 9.97. The van der Waals surface area contributed by atoms with Crippen molar-refractivity contribution < 1.29 is 31.1 Å². The summed E-state index contributed by atoms with van der Waals surface area (Å²) < 4.78 is 74.8. The Morgan fingerprint density at radius 3 is 2.52 bits per heavy atom. The number of pyridine rings is 1. The first-order chi connectivity index (χ1) is 19.7. The Balaban J connectivity index is 1.46. The molecule has 222 valence electrons. The minimum Gasteiger partial charge on any atom is -0.476 e. The summed E-state index contributed by atoms with van der Waals surface area (Å²) in [4.78, 5) is 19.7. The molecule has 0 unspecified atom stereocenters. The third-order valence-corrected chi connectivity index (χ3v) is 9.10. The number of hydrogen-bond acceptors (Lipinski definition) is 8. The quantitative estimate of drug-likeness (QED) is 0.396. The van der Waals surface area contributed by atoms with Crippen molar-refractivity contribution in [2.45, 2.75) is 56.6 Å². The predicted molar refractivity (Wildman–Crippen MR) is 146 cm³/mol. The maximum Gasteiger partial charge on any atom is 0.397 e. The number of aromatic nitrogens is 3. The van der Waals surface area contributed by atoms with E-state index >= 15 is 0 Å². The molecule has 0 radical (unpaired) electrons. The fourth-order valence-corrected chi connectivity index (χ4v) is 6.44. The summed E-state index contributed by atoms with van der Waals surface area (Å²) >= 11 is 0. The molecule has 0 bridgehead atoms. The summed E-state index contributed by atoms with van der Waals surface area (Å²) in [5.41, 5.74) is -2.39. The second kappa shape index (κ2) is 10.3. The van der Waals surface area contributed by atoms with Gasteiger partial charge in [0, 0.05) is 24.3 Å². The van der Waals surface area contributed by atoms with Crippen LogP contribution in [0.3, 0.4) is 0 Å². The van der Waals surface area contributed by atoms with Crippen molar-refractivity contribution in [3.05, 3.63) is 59.8 Å². The largest absolute Gasteiger partial charge is 0.476 e. The van der Waals surface area contributed by atoms with Crippen molar-refractivity contribution in [1.82, 2.24) is 19.5 Å². The number of hydrogen-bond donors (Lipinski definition) is 1. The van der Waals surface area contributed by atoms with Crippen molar-refractivity contribution in [3.63, 3.8) is 0 Å². The Morgan fingerprint density at radius 1 is 1.19 bits per heavy atom. The zero-order valence-corrected chi connectivity index (χ0v) is 24.0. The van der Waals surface area contributed by atoms with Gasteiger partial charge < -0.3 is 9.64 Å². The van der Waals surface area contributed by atoms with Crippen molar-refractivity contribution in [1.29, 1.82) is 5.26 Å². The molecule has 1 aliphatic carbocycles. The molecule has 5 rings (SSSR count). The average Bonchev–Trinajstić information content (AvgIpc) is 3.50. The summed E-state index contributed by atoms with van der Waals surface area (Å²) in [6, 6.07) is 11.7. The first kappa shape index (κ1) is 29.4. The highest BCUT2D eigenvalue weighted by atomic mass is 32.2. The Morgan fingerprint density at radius 2 is 1.90 bits per heavy atom. The zero-order valence-electron chi connectivity index (χ0n) is 23.1. The Hall–Kier alpha value is -4.12. The van der Waals surface area contributed by atoms with Gasteiger partial charge in [-0.05, 0) is 63.3 Å². The first-order valence-electron chi connectivity index (χ1n) is 13.3. The van der Waals surface area contributed by atoms with Gasteiger partial charge in [0.2, 0.25) is 5.88 Å². The van der Waals surface area contributed by atoms with Crippen LogP contribution in [0.5, 0.6) is 5.88 Å². The molecule has 2 fully saturated rings. The van der Waals surface area contributed by atoms with E-state index in [4.69, 9.17) is 4.74 Å². The van der Waals surface area contributed by atoms with Crippen LogP contribution < -0.4 is 14.4 Å². The molecule has 2 aliphatic rings. The third-order valence-electron chi connectivity index (χ3n) is 7.71. The fourth-order valence-electron chi connectivity index (χ4n) is 5.32. The molecule has 1 N–H and O–H groups in total. The molecule has 14 heteroatoms. The lowest BCUT2D eigenvalue weighted by Crippen LogP contribution is -2.41. The Bertz CT molecular complexity index is 1670. The number of nitrogens with zero attached hydrogens (tertiary/aromatic N) is 5. The number of rotatable bonds is 8. The first-order valence-corrected chi connectivity index (χ1v) is 14.7. The minimum absolute atomic E-state index is 0.00642. The predicted octanol–water partition coefficient (Wildman–Crippen LogP) is 4.60. The second-order valence-corrected chi connectivity index (χ2v) is 13.1. The molecule has 3 aromatic rings. The van der Waals surface area contributed by atoms with E-state index in [2.05, 4.69) is 21.7 Å². The van der Waals surface area contributed by atoms with Crippen molar-refractivity contribution in [2.75, 3.05) is 18.1 Å².